The molecular formula is C17H24F3N3O. The Morgan fingerprint density at radius 2 is 1.92 bits per heavy atom. The first-order valence-corrected chi connectivity index (χ1v) is 8.01. The van der Waals surface area contributed by atoms with E-state index in [9.17, 15) is 18.0 Å². The van der Waals surface area contributed by atoms with E-state index in [1.165, 1.54) is 4.90 Å². The molecule has 0 radical (unpaired) electrons. The van der Waals surface area contributed by atoms with Crippen LogP contribution in [0.4, 0.5) is 23.7 Å². The Kier molecular flexibility index (Phi) is 5.42. The summed E-state index contributed by atoms with van der Waals surface area (Å²) in [6.45, 7) is 5.78. The topological polar surface area (TPSA) is 44.4 Å². The average Bonchev–Trinajstić information content (AvgIpc) is 2.82. The van der Waals surface area contributed by atoms with E-state index in [4.69, 9.17) is 0 Å². The zero-order chi connectivity index (χ0) is 18.0. The van der Waals surface area contributed by atoms with E-state index >= 15 is 0 Å². The maximum Gasteiger partial charge on any atom is 0.401 e. The molecule has 1 atom stereocenters. The van der Waals surface area contributed by atoms with E-state index < -0.39 is 12.7 Å². The van der Waals surface area contributed by atoms with Gasteiger partial charge in [-0.25, -0.2) is 4.79 Å². The minimum Gasteiger partial charge on any atom is -0.334 e. The van der Waals surface area contributed by atoms with Crippen molar-refractivity contribution in [3.63, 3.8) is 0 Å². The first-order chi connectivity index (χ1) is 11.0. The molecule has 2 N–H and O–H groups in total. The van der Waals surface area contributed by atoms with Crippen LogP contribution in [0.1, 0.15) is 32.8 Å². The highest BCUT2D eigenvalue weighted by molar-refractivity contribution is 5.90. The lowest BCUT2D eigenvalue weighted by Gasteiger charge is -2.23. The molecule has 7 heteroatoms. The number of likely N-dealkylation sites (tertiary alicyclic amines) is 1. The van der Waals surface area contributed by atoms with Gasteiger partial charge >= 0.3 is 12.2 Å². The zero-order valence-corrected chi connectivity index (χ0v) is 14.2. The molecule has 24 heavy (non-hydrogen) atoms. The lowest BCUT2D eigenvalue weighted by molar-refractivity contribution is -0.143. The number of carbonyl (C=O) groups excluding carboxylic acids is 1. The van der Waals surface area contributed by atoms with Crippen molar-refractivity contribution in [1.29, 1.82) is 0 Å². The van der Waals surface area contributed by atoms with Crippen LogP contribution in [0, 0.1) is 0 Å². The lowest BCUT2D eigenvalue weighted by atomic mass is 9.86. The molecule has 1 fully saturated rings. The lowest BCUT2D eigenvalue weighted by Crippen LogP contribution is -2.41. The molecule has 0 unspecified atom stereocenters. The van der Waals surface area contributed by atoms with Crippen LogP contribution in [-0.4, -0.2) is 42.8 Å². The molecule has 1 aromatic carbocycles. The summed E-state index contributed by atoms with van der Waals surface area (Å²) in [5.74, 6) is 0. The number of para-hydroxylation sites is 1. The first kappa shape index (κ1) is 18.6. The molecule has 4 nitrogen and oxygen atoms in total. The fourth-order valence-electron chi connectivity index (χ4n) is 2.94. The van der Waals surface area contributed by atoms with Crippen LogP contribution in [0.3, 0.4) is 0 Å². The zero-order valence-electron chi connectivity index (χ0n) is 14.2. The Morgan fingerprint density at radius 3 is 2.54 bits per heavy atom. The van der Waals surface area contributed by atoms with Gasteiger partial charge < -0.3 is 10.6 Å². The number of halogens is 3. The molecule has 2 amide bonds. The molecular weight excluding hydrogens is 319 g/mol. The number of nitrogens with one attached hydrogen (secondary N) is 2. The average molecular weight is 343 g/mol. The quantitative estimate of drug-likeness (QED) is 0.878. The van der Waals surface area contributed by atoms with Gasteiger partial charge in [0.05, 0.1) is 6.54 Å². The van der Waals surface area contributed by atoms with Crippen LogP contribution in [0.15, 0.2) is 24.3 Å². The normalized spacial score (nSPS) is 19.3. The number of benzene rings is 1. The van der Waals surface area contributed by atoms with Crippen LogP contribution in [0.25, 0.3) is 0 Å². The number of urea groups is 1. The van der Waals surface area contributed by atoms with Gasteiger partial charge in [0, 0.05) is 24.8 Å². The van der Waals surface area contributed by atoms with Gasteiger partial charge in [-0.05, 0) is 23.5 Å². The van der Waals surface area contributed by atoms with Gasteiger partial charge in [0.15, 0.2) is 0 Å². The van der Waals surface area contributed by atoms with E-state index in [0.717, 1.165) is 5.56 Å². The van der Waals surface area contributed by atoms with Crippen molar-refractivity contribution in [2.75, 3.05) is 25.0 Å². The Labute approximate surface area is 140 Å². The molecule has 2 rings (SSSR count). The minimum absolute atomic E-state index is 0.124. The number of rotatable bonds is 3. The van der Waals surface area contributed by atoms with E-state index in [1.54, 1.807) is 0 Å². The second-order valence-corrected chi connectivity index (χ2v) is 7.23. The van der Waals surface area contributed by atoms with Crippen LogP contribution < -0.4 is 10.6 Å². The third kappa shape index (κ3) is 5.40. The summed E-state index contributed by atoms with van der Waals surface area (Å²) in [5.41, 5.74) is 1.60. The highest BCUT2D eigenvalue weighted by atomic mass is 19.4. The van der Waals surface area contributed by atoms with Gasteiger partial charge in [-0.3, -0.25) is 4.90 Å². The molecule has 134 valence electrons. The van der Waals surface area contributed by atoms with Crippen LogP contribution >= 0.6 is 0 Å². The Hall–Kier alpha value is -1.76. The molecule has 0 aliphatic carbocycles. The molecule has 1 heterocycles. The summed E-state index contributed by atoms with van der Waals surface area (Å²) in [4.78, 5) is 13.5. The first-order valence-electron chi connectivity index (χ1n) is 8.01. The van der Waals surface area contributed by atoms with Crippen molar-refractivity contribution in [3.05, 3.63) is 29.8 Å². The fourth-order valence-corrected chi connectivity index (χ4v) is 2.94. The molecule has 0 aromatic heterocycles. The largest absolute Gasteiger partial charge is 0.401 e. The highest BCUT2D eigenvalue weighted by Crippen LogP contribution is 2.29. The van der Waals surface area contributed by atoms with Crippen molar-refractivity contribution < 1.29 is 18.0 Å². The van der Waals surface area contributed by atoms with Gasteiger partial charge in [-0.1, -0.05) is 39.0 Å². The molecule has 0 spiro atoms. The predicted molar refractivity (Wildman–Crippen MR) is 88.2 cm³/mol. The summed E-state index contributed by atoms with van der Waals surface area (Å²) >= 11 is 0. The summed E-state index contributed by atoms with van der Waals surface area (Å²) < 4.78 is 37.2. The molecule has 1 saturated heterocycles. The third-order valence-corrected chi connectivity index (χ3v) is 3.99. The molecule has 1 aliphatic rings. The van der Waals surface area contributed by atoms with Crippen LogP contribution in [0.2, 0.25) is 0 Å². The van der Waals surface area contributed by atoms with Crippen molar-refractivity contribution in [2.24, 2.45) is 0 Å². The summed E-state index contributed by atoms with van der Waals surface area (Å²) in [5, 5.41) is 5.58. The summed E-state index contributed by atoms with van der Waals surface area (Å²) in [7, 11) is 0. The van der Waals surface area contributed by atoms with Gasteiger partial charge in [-0.2, -0.15) is 13.2 Å². The monoisotopic (exact) mass is 343 g/mol. The number of amides is 2. The van der Waals surface area contributed by atoms with Crippen molar-refractivity contribution in [1.82, 2.24) is 10.2 Å². The second kappa shape index (κ2) is 7.01. The van der Waals surface area contributed by atoms with Gasteiger partial charge in [0.25, 0.3) is 0 Å². The fraction of sp³-hybridized carbons (Fsp3) is 0.588. The smallest absolute Gasteiger partial charge is 0.334 e. The van der Waals surface area contributed by atoms with Gasteiger partial charge in [-0.15, -0.1) is 0 Å². The van der Waals surface area contributed by atoms with Crippen LogP contribution in [0.5, 0.6) is 0 Å². The van der Waals surface area contributed by atoms with Gasteiger partial charge in [0.2, 0.25) is 0 Å². The third-order valence-electron chi connectivity index (χ3n) is 3.99. The maximum atomic E-state index is 12.4. The number of nitrogens with zero attached hydrogens (tertiary/aromatic N) is 1. The molecule has 0 saturated carbocycles. The minimum atomic E-state index is -4.21. The predicted octanol–water partition coefficient (Wildman–Crippen LogP) is 3.74. The molecule has 0 bridgehead atoms. The SMILES string of the molecule is CC(C)(C)c1ccccc1NC(=O)N[C@H]1CCN(CC(F)(F)F)C1. The van der Waals surface area contributed by atoms with E-state index in [-0.39, 0.29) is 24.0 Å². The molecule has 1 aromatic rings. The number of hydrogen-bond acceptors (Lipinski definition) is 2. The second-order valence-electron chi connectivity index (χ2n) is 7.23. The summed E-state index contributed by atoms with van der Waals surface area (Å²) in [6, 6.07) is 6.88. The number of hydrogen-bond donors (Lipinski definition) is 2. The number of carbonyl (C=O) groups is 1. The van der Waals surface area contributed by atoms with Crippen molar-refractivity contribution in [3.8, 4) is 0 Å². The van der Waals surface area contributed by atoms with Crippen molar-refractivity contribution in [2.45, 2.75) is 44.8 Å². The van der Waals surface area contributed by atoms with E-state index in [0.29, 0.717) is 18.7 Å². The molecule has 1 aliphatic heterocycles. The van der Waals surface area contributed by atoms with E-state index in [1.807, 2.05) is 24.3 Å². The Morgan fingerprint density at radius 1 is 1.25 bits per heavy atom. The standard InChI is InChI=1S/C17H24F3N3O/c1-16(2,3)13-6-4-5-7-14(13)22-15(24)21-12-8-9-23(10-12)11-17(18,19)20/h4-7,12H,8-11H2,1-3H3,(H2,21,22,24)/t12-/m0/s1. The highest BCUT2D eigenvalue weighted by Gasteiger charge is 2.34. The summed E-state index contributed by atoms with van der Waals surface area (Å²) in [6.07, 6.45) is -3.69. The Bertz CT molecular complexity index is 581. The Balaban J connectivity index is 1.91. The number of alkyl halides is 3. The maximum absolute atomic E-state index is 12.4. The number of anilines is 1. The van der Waals surface area contributed by atoms with Crippen LogP contribution in [-0.2, 0) is 5.41 Å². The van der Waals surface area contributed by atoms with E-state index in [2.05, 4.69) is 31.4 Å². The van der Waals surface area contributed by atoms with Gasteiger partial charge in [0.1, 0.15) is 0 Å². The van der Waals surface area contributed by atoms with Crippen molar-refractivity contribution >= 4 is 11.7 Å².